The van der Waals surface area contributed by atoms with Crippen LogP contribution in [0.1, 0.15) is 26.4 Å². The highest BCUT2D eigenvalue weighted by Crippen LogP contribution is 2.12. The van der Waals surface area contributed by atoms with Crippen LogP contribution in [-0.4, -0.2) is 29.2 Å². The molecular formula is C13H13N3O3. The van der Waals surface area contributed by atoms with Crippen LogP contribution in [0.5, 0.6) is 0 Å². The predicted molar refractivity (Wildman–Crippen MR) is 69.1 cm³/mol. The van der Waals surface area contributed by atoms with Gasteiger partial charge >= 0.3 is 5.97 Å². The molecular weight excluding hydrogens is 246 g/mol. The minimum absolute atomic E-state index is 0.277. The molecule has 2 rings (SSSR count). The van der Waals surface area contributed by atoms with Crippen molar-refractivity contribution in [1.29, 1.82) is 0 Å². The van der Waals surface area contributed by atoms with E-state index in [0.29, 0.717) is 16.9 Å². The van der Waals surface area contributed by atoms with Crippen molar-refractivity contribution in [2.45, 2.75) is 6.92 Å². The fourth-order valence-electron chi connectivity index (χ4n) is 1.58. The minimum Gasteiger partial charge on any atom is -0.465 e. The molecule has 6 heteroatoms. The number of aromatic amines is 1. The van der Waals surface area contributed by atoms with Crippen LogP contribution in [0.15, 0.2) is 30.5 Å². The van der Waals surface area contributed by atoms with Crippen LogP contribution >= 0.6 is 0 Å². The number of hydrogen-bond donors (Lipinski definition) is 2. The summed E-state index contributed by atoms with van der Waals surface area (Å²) in [6, 6.07) is 6.44. The third-order valence-corrected chi connectivity index (χ3v) is 2.62. The third kappa shape index (κ3) is 2.79. The topological polar surface area (TPSA) is 84.1 Å². The highest BCUT2D eigenvalue weighted by atomic mass is 16.5. The van der Waals surface area contributed by atoms with Crippen LogP contribution < -0.4 is 5.32 Å². The van der Waals surface area contributed by atoms with Crippen LogP contribution in [0.25, 0.3) is 0 Å². The molecule has 0 aliphatic heterocycles. The summed E-state index contributed by atoms with van der Waals surface area (Å²) in [7, 11) is 1.32. The second kappa shape index (κ2) is 5.34. The van der Waals surface area contributed by atoms with E-state index in [2.05, 4.69) is 20.3 Å². The van der Waals surface area contributed by atoms with E-state index in [-0.39, 0.29) is 5.91 Å². The molecule has 6 nitrogen and oxygen atoms in total. The maximum absolute atomic E-state index is 11.9. The minimum atomic E-state index is -0.415. The number of nitrogens with zero attached hydrogens (tertiary/aromatic N) is 1. The highest BCUT2D eigenvalue weighted by molar-refractivity contribution is 6.04. The Morgan fingerprint density at radius 3 is 2.47 bits per heavy atom. The van der Waals surface area contributed by atoms with Gasteiger partial charge in [0.05, 0.1) is 18.9 Å². The fourth-order valence-corrected chi connectivity index (χ4v) is 1.58. The van der Waals surface area contributed by atoms with Crippen LogP contribution in [0.4, 0.5) is 5.69 Å². The summed E-state index contributed by atoms with van der Waals surface area (Å²) in [5.41, 5.74) is 2.20. The third-order valence-electron chi connectivity index (χ3n) is 2.62. The van der Waals surface area contributed by atoms with Gasteiger partial charge in [-0.25, -0.2) is 4.79 Å². The molecule has 0 saturated heterocycles. The van der Waals surface area contributed by atoms with Crippen molar-refractivity contribution in [2.24, 2.45) is 0 Å². The molecule has 1 amide bonds. The quantitative estimate of drug-likeness (QED) is 0.822. The van der Waals surface area contributed by atoms with Crippen LogP contribution in [-0.2, 0) is 4.74 Å². The zero-order valence-electron chi connectivity index (χ0n) is 10.6. The van der Waals surface area contributed by atoms with Gasteiger partial charge in [-0.05, 0) is 36.8 Å². The number of aromatic nitrogens is 2. The van der Waals surface area contributed by atoms with Crippen molar-refractivity contribution in [3.8, 4) is 0 Å². The summed E-state index contributed by atoms with van der Waals surface area (Å²) in [5, 5.41) is 9.12. The first kappa shape index (κ1) is 12.8. The number of carbonyl (C=O) groups excluding carboxylic acids is 2. The Morgan fingerprint density at radius 2 is 1.95 bits per heavy atom. The van der Waals surface area contributed by atoms with E-state index in [9.17, 15) is 9.59 Å². The van der Waals surface area contributed by atoms with E-state index in [1.165, 1.54) is 7.11 Å². The lowest BCUT2D eigenvalue weighted by Gasteiger charge is -2.05. The molecule has 0 aliphatic carbocycles. The Labute approximate surface area is 109 Å². The number of nitrogens with one attached hydrogen (secondary N) is 2. The van der Waals surface area contributed by atoms with E-state index >= 15 is 0 Å². The molecule has 0 spiro atoms. The van der Waals surface area contributed by atoms with Gasteiger partial charge in [0.25, 0.3) is 5.91 Å². The molecule has 0 saturated carbocycles. The predicted octanol–water partition coefficient (Wildman–Crippen LogP) is 1.76. The molecule has 98 valence electrons. The Morgan fingerprint density at radius 1 is 1.26 bits per heavy atom. The highest BCUT2D eigenvalue weighted by Gasteiger charge is 2.11. The van der Waals surface area contributed by atoms with Crippen LogP contribution in [0.3, 0.4) is 0 Å². The Bertz CT molecular complexity index is 602. The Hall–Kier alpha value is -2.63. The molecule has 0 bridgehead atoms. The summed E-state index contributed by atoms with van der Waals surface area (Å²) in [6.07, 6.45) is 1.58. The lowest BCUT2D eigenvalue weighted by atomic mass is 10.2. The zero-order chi connectivity index (χ0) is 13.8. The number of rotatable bonds is 3. The van der Waals surface area contributed by atoms with E-state index in [0.717, 1.165) is 5.56 Å². The second-order valence-electron chi connectivity index (χ2n) is 3.95. The van der Waals surface area contributed by atoms with E-state index < -0.39 is 5.97 Å². The summed E-state index contributed by atoms with van der Waals surface area (Å²) >= 11 is 0. The molecule has 2 N–H and O–H groups in total. The van der Waals surface area contributed by atoms with E-state index in [1.807, 2.05) is 0 Å². The first-order chi connectivity index (χ1) is 9.11. The summed E-state index contributed by atoms with van der Waals surface area (Å²) < 4.78 is 4.59. The maximum Gasteiger partial charge on any atom is 0.337 e. The molecule has 1 aromatic carbocycles. The van der Waals surface area contributed by atoms with Crippen molar-refractivity contribution < 1.29 is 14.3 Å². The lowest BCUT2D eigenvalue weighted by molar-refractivity contribution is 0.0600. The van der Waals surface area contributed by atoms with Gasteiger partial charge in [0.1, 0.15) is 5.69 Å². The average Bonchev–Trinajstić information content (AvgIpc) is 2.85. The van der Waals surface area contributed by atoms with Gasteiger partial charge in [-0.2, -0.15) is 5.10 Å². The number of carbonyl (C=O) groups is 2. The van der Waals surface area contributed by atoms with Gasteiger partial charge in [0, 0.05) is 5.69 Å². The molecule has 19 heavy (non-hydrogen) atoms. The molecule has 0 radical (unpaired) electrons. The number of aryl methyl sites for hydroxylation is 1. The summed E-state index contributed by atoms with van der Waals surface area (Å²) in [5.74, 6) is -0.692. The molecule has 2 aromatic rings. The van der Waals surface area contributed by atoms with E-state index in [1.54, 1.807) is 37.4 Å². The molecule has 1 heterocycles. The molecule has 0 aliphatic rings. The SMILES string of the molecule is COC(=O)c1ccc(NC(=O)c2[nH]ncc2C)cc1. The summed E-state index contributed by atoms with van der Waals surface area (Å²) in [4.78, 5) is 23.2. The Balaban J connectivity index is 2.10. The number of anilines is 1. The molecule has 0 atom stereocenters. The van der Waals surface area contributed by atoms with Crippen molar-refractivity contribution in [3.05, 3.63) is 47.3 Å². The average molecular weight is 259 g/mol. The normalized spacial score (nSPS) is 10.0. The smallest absolute Gasteiger partial charge is 0.337 e. The summed E-state index contributed by atoms with van der Waals surface area (Å²) in [6.45, 7) is 1.79. The molecule has 0 unspecified atom stereocenters. The largest absolute Gasteiger partial charge is 0.465 e. The van der Waals surface area contributed by atoms with Gasteiger partial charge in [-0.15, -0.1) is 0 Å². The van der Waals surface area contributed by atoms with Crippen molar-refractivity contribution >= 4 is 17.6 Å². The number of H-pyrrole nitrogens is 1. The van der Waals surface area contributed by atoms with Gasteiger partial charge in [0.2, 0.25) is 0 Å². The number of benzene rings is 1. The van der Waals surface area contributed by atoms with Crippen LogP contribution in [0.2, 0.25) is 0 Å². The van der Waals surface area contributed by atoms with Gasteiger partial charge in [-0.3, -0.25) is 9.89 Å². The molecule has 1 aromatic heterocycles. The first-order valence-corrected chi connectivity index (χ1v) is 5.61. The van der Waals surface area contributed by atoms with Crippen LogP contribution in [0, 0.1) is 6.92 Å². The number of amides is 1. The fraction of sp³-hybridized carbons (Fsp3) is 0.154. The van der Waals surface area contributed by atoms with E-state index in [4.69, 9.17) is 0 Å². The number of esters is 1. The standard InChI is InChI=1S/C13H13N3O3/c1-8-7-14-16-11(8)12(17)15-10-5-3-9(4-6-10)13(18)19-2/h3-7H,1-2H3,(H,14,16)(H,15,17). The number of hydrogen-bond acceptors (Lipinski definition) is 4. The van der Waals surface area contributed by atoms with Gasteiger partial charge < -0.3 is 10.1 Å². The van der Waals surface area contributed by atoms with Crippen molar-refractivity contribution in [3.63, 3.8) is 0 Å². The number of ether oxygens (including phenoxy) is 1. The van der Waals surface area contributed by atoms with Crippen molar-refractivity contribution in [2.75, 3.05) is 12.4 Å². The lowest BCUT2D eigenvalue weighted by Crippen LogP contribution is -2.13. The van der Waals surface area contributed by atoms with Crippen molar-refractivity contribution in [1.82, 2.24) is 10.2 Å². The monoisotopic (exact) mass is 259 g/mol. The second-order valence-corrected chi connectivity index (χ2v) is 3.95. The van der Waals surface area contributed by atoms with Gasteiger partial charge in [-0.1, -0.05) is 0 Å². The maximum atomic E-state index is 11.9. The van der Waals surface area contributed by atoms with Gasteiger partial charge in [0.15, 0.2) is 0 Å². The molecule has 0 fully saturated rings. The zero-order valence-corrected chi connectivity index (χ0v) is 10.6. The first-order valence-electron chi connectivity index (χ1n) is 5.61. The Kier molecular flexibility index (Phi) is 3.61. The number of methoxy groups -OCH3 is 1.